The maximum atomic E-state index is 13.0. The second-order valence-electron chi connectivity index (χ2n) is 6.99. The van der Waals surface area contributed by atoms with Crippen molar-refractivity contribution in [3.8, 4) is 0 Å². The quantitative estimate of drug-likeness (QED) is 0.313. The fourth-order valence-corrected chi connectivity index (χ4v) is 3.08. The number of hydrogen-bond acceptors (Lipinski definition) is 6. The van der Waals surface area contributed by atoms with E-state index in [0.29, 0.717) is 10.6 Å². The number of hydrazine groups is 1. The first-order valence-electron chi connectivity index (χ1n) is 9.21. The van der Waals surface area contributed by atoms with Crippen molar-refractivity contribution in [3.05, 3.63) is 74.8 Å². The second kappa shape index (κ2) is 8.24. The third kappa shape index (κ3) is 4.09. The molecule has 0 spiro atoms. The molecule has 154 valence electrons. The number of nitro benzene ring substituents is 1. The fraction of sp³-hybridized carbons (Fsp3) is 0.238. The predicted octanol–water partition coefficient (Wildman–Crippen LogP) is 2.60. The van der Waals surface area contributed by atoms with E-state index in [2.05, 4.69) is 0 Å². The summed E-state index contributed by atoms with van der Waals surface area (Å²) in [5.74, 6) is -2.38. The summed E-state index contributed by atoms with van der Waals surface area (Å²) in [4.78, 5) is 60.6. The smallest absolute Gasteiger partial charge is 0.273 e. The van der Waals surface area contributed by atoms with Gasteiger partial charge in [-0.3, -0.25) is 29.3 Å². The highest BCUT2D eigenvalue weighted by atomic mass is 16.6. The van der Waals surface area contributed by atoms with Crippen LogP contribution in [0.3, 0.4) is 0 Å². The van der Waals surface area contributed by atoms with Gasteiger partial charge in [0.25, 0.3) is 11.6 Å². The summed E-state index contributed by atoms with van der Waals surface area (Å²) in [6.45, 7) is 3.23. The van der Waals surface area contributed by atoms with Crippen LogP contribution in [0.1, 0.15) is 44.7 Å². The summed E-state index contributed by atoms with van der Waals surface area (Å²) in [5.41, 5.74) is 2.04. The molecule has 0 unspecified atom stereocenters. The molecule has 1 heterocycles. The van der Waals surface area contributed by atoms with E-state index in [9.17, 15) is 29.3 Å². The molecular formula is C21H19N3O6. The molecule has 0 atom stereocenters. The molecule has 9 nitrogen and oxygen atoms in total. The normalized spacial score (nSPS) is 13.5. The molecule has 0 radical (unpaired) electrons. The number of nitro groups is 1. The highest BCUT2D eigenvalue weighted by Crippen LogP contribution is 2.20. The molecule has 1 aliphatic rings. The van der Waals surface area contributed by atoms with Crippen molar-refractivity contribution in [2.45, 2.75) is 26.7 Å². The molecule has 0 bridgehead atoms. The van der Waals surface area contributed by atoms with Crippen molar-refractivity contribution < 1.29 is 24.1 Å². The molecule has 0 N–H and O–H groups in total. The number of imide groups is 1. The zero-order valence-electron chi connectivity index (χ0n) is 16.5. The molecule has 3 rings (SSSR count). The molecule has 30 heavy (non-hydrogen) atoms. The number of non-ortho nitro benzene ring substituents is 1. The second-order valence-corrected chi connectivity index (χ2v) is 6.99. The van der Waals surface area contributed by atoms with E-state index >= 15 is 0 Å². The van der Waals surface area contributed by atoms with E-state index < -0.39 is 35.0 Å². The van der Waals surface area contributed by atoms with Crippen molar-refractivity contribution in [1.29, 1.82) is 0 Å². The largest absolute Gasteiger partial charge is 0.292 e. The summed E-state index contributed by atoms with van der Waals surface area (Å²) in [5, 5.41) is 12.3. The number of benzene rings is 2. The van der Waals surface area contributed by atoms with Gasteiger partial charge < -0.3 is 0 Å². The third-order valence-electron chi connectivity index (χ3n) is 4.95. The molecule has 0 aromatic heterocycles. The Kier molecular flexibility index (Phi) is 5.72. The minimum Gasteiger partial charge on any atom is -0.292 e. The number of Topliss-reactive ketones (excluding diaryl/α,β-unsaturated/α-hetero) is 1. The molecule has 2 aromatic carbocycles. The number of hydrogen-bond donors (Lipinski definition) is 0. The molecule has 1 aliphatic heterocycles. The van der Waals surface area contributed by atoms with Gasteiger partial charge in [0.1, 0.15) is 6.54 Å². The van der Waals surface area contributed by atoms with Gasteiger partial charge in [-0.25, -0.2) is 5.01 Å². The van der Waals surface area contributed by atoms with Gasteiger partial charge in [0.2, 0.25) is 11.8 Å². The number of carbonyl (C=O) groups excluding carboxylic acids is 4. The molecule has 2 aromatic rings. The average Bonchev–Trinajstić information content (AvgIpc) is 3.05. The lowest BCUT2D eigenvalue weighted by Crippen LogP contribution is -2.51. The number of rotatable bonds is 6. The summed E-state index contributed by atoms with van der Waals surface area (Å²) in [6.07, 6.45) is -0.110. The van der Waals surface area contributed by atoms with E-state index in [4.69, 9.17) is 0 Å². The number of ketones is 1. The Morgan fingerprint density at radius 2 is 1.53 bits per heavy atom. The summed E-state index contributed by atoms with van der Waals surface area (Å²) >= 11 is 0. The van der Waals surface area contributed by atoms with Crippen LogP contribution in [-0.4, -0.2) is 45.0 Å². The summed E-state index contributed by atoms with van der Waals surface area (Å²) in [7, 11) is 0. The van der Waals surface area contributed by atoms with Gasteiger partial charge in [0.05, 0.1) is 4.92 Å². The van der Waals surface area contributed by atoms with Crippen LogP contribution >= 0.6 is 0 Å². The molecule has 3 amide bonds. The Morgan fingerprint density at radius 1 is 0.967 bits per heavy atom. The first-order chi connectivity index (χ1) is 14.2. The standard InChI is InChI=1S/C21H19N3O6/c1-13-3-4-16(11-14(13)2)18(25)12-22(23-19(26)9-10-20(23)27)21(28)15-5-7-17(8-6-15)24(29)30/h3-8,11H,9-10,12H2,1-2H3. The summed E-state index contributed by atoms with van der Waals surface area (Å²) in [6, 6.07) is 9.80. The van der Waals surface area contributed by atoms with Crippen molar-refractivity contribution in [2.24, 2.45) is 0 Å². The minimum atomic E-state index is -0.773. The van der Waals surface area contributed by atoms with Crippen molar-refractivity contribution in [1.82, 2.24) is 10.0 Å². The van der Waals surface area contributed by atoms with E-state index in [1.807, 2.05) is 13.8 Å². The Hall–Kier alpha value is -3.88. The zero-order chi connectivity index (χ0) is 22.0. The topological polar surface area (TPSA) is 118 Å². The molecule has 1 saturated heterocycles. The zero-order valence-corrected chi connectivity index (χ0v) is 16.5. The maximum absolute atomic E-state index is 13.0. The molecule has 1 fully saturated rings. The lowest BCUT2D eigenvalue weighted by molar-refractivity contribution is -0.384. The first kappa shape index (κ1) is 20.8. The number of carbonyl (C=O) groups is 4. The highest BCUT2D eigenvalue weighted by molar-refractivity contribution is 6.07. The Morgan fingerprint density at radius 3 is 2.07 bits per heavy atom. The van der Waals surface area contributed by atoms with Crippen LogP contribution in [0.2, 0.25) is 0 Å². The van der Waals surface area contributed by atoms with Gasteiger partial charge in [0.15, 0.2) is 5.78 Å². The van der Waals surface area contributed by atoms with Crippen molar-refractivity contribution in [3.63, 3.8) is 0 Å². The first-order valence-corrected chi connectivity index (χ1v) is 9.21. The van der Waals surface area contributed by atoms with Gasteiger partial charge in [-0.2, -0.15) is 5.01 Å². The fourth-order valence-electron chi connectivity index (χ4n) is 3.08. The van der Waals surface area contributed by atoms with Gasteiger partial charge >= 0.3 is 0 Å². The minimum absolute atomic E-state index is 0.0148. The molecule has 0 saturated carbocycles. The number of amides is 3. The summed E-state index contributed by atoms with van der Waals surface area (Å²) < 4.78 is 0. The maximum Gasteiger partial charge on any atom is 0.273 e. The number of aryl methyl sites for hydroxylation is 2. The highest BCUT2D eigenvalue weighted by Gasteiger charge is 2.38. The average molecular weight is 409 g/mol. The van der Waals surface area contributed by atoms with Crippen molar-refractivity contribution >= 4 is 29.2 Å². The van der Waals surface area contributed by atoms with E-state index in [1.165, 1.54) is 12.1 Å². The Labute approximate surface area is 172 Å². The lowest BCUT2D eigenvalue weighted by atomic mass is 10.0. The molecule has 9 heteroatoms. The Bertz CT molecular complexity index is 1040. The van der Waals surface area contributed by atoms with Crippen molar-refractivity contribution in [2.75, 3.05) is 6.54 Å². The van der Waals surface area contributed by atoms with Crippen LogP contribution in [-0.2, 0) is 9.59 Å². The Balaban J connectivity index is 1.93. The molecule has 0 aliphatic carbocycles. The third-order valence-corrected chi connectivity index (χ3v) is 4.95. The lowest BCUT2D eigenvalue weighted by Gasteiger charge is -2.29. The van der Waals surface area contributed by atoms with Crippen LogP contribution in [0, 0.1) is 24.0 Å². The van der Waals surface area contributed by atoms with E-state index in [0.717, 1.165) is 28.3 Å². The number of nitrogens with zero attached hydrogens (tertiary/aromatic N) is 3. The van der Waals surface area contributed by atoms with Gasteiger partial charge in [-0.1, -0.05) is 12.1 Å². The van der Waals surface area contributed by atoms with Gasteiger partial charge in [-0.05, 0) is 43.2 Å². The van der Waals surface area contributed by atoms with Crippen LogP contribution in [0.25, 0.3) is 0 Å². The van der Waals surface area contributed by atoms with Crippen LogP contribution in [0.15, 0.2) is 42.5 Å². The van der Waals surface area contributed by atoms with Gasteiger partial charge in [0, 0.05) is 36.1 Å². The monoisotopic (exact) mass is 409 g/mol. The van der Waals surface area contributed by atoms with E-state index in [1.54, 1.807) is 18.2 Å². The van der Waals surface area contributed by atoms with Crippen LogP contribution in [0.4, 0.5) is 5.69 Å². The molecular weight excluding hydrogens is 390 g/mol. The van der Waals surface area contributed by atoms with Crippen LogP contribution in [0.5, 0.6) is 0 Å². The predicted molar refractivity (Wildman–Crippen MR) is 105 cm³/mol. The van der Waals surface area contributed by atoms with Gasteiger partial charge in [-0.15, -0.1) is 0 Å². The van der Waals surface area contributed by atoms with Crippen LogP contribution < -0.4 is 0 Å². The van der Waals surface area contributed by atoms with E-state index in [-0.39, 0.29) is 24.1 Å². The SMILES string of the molecule is Cc1ccc(C(=O)CN(C(=O)c2ccc([N+](=O)[O-])cc2)N2C(=O)CCC2=O)cc1C.